The quantitative estimate of drug-likeness (QED) is 0.622. The summed E-state index contributed by atoms with van der Waals surface area (Å²) in [7, 11) is 0. The summed E-state index contributed by atoms with van der Waals surface area (Å²) in [5.74, 6) is -0.185. The number of rotatable bonds is 6. The monoisotopic (exact) mass is 374 g/mol. The molecule has 7 heteroatoms. The van der Waals surface area contributed by atoms with E-state index in [0.717, 1.165) is 5.56 Å². The van der Waals surface area contributed by atoms with Crippen molar-refractivity contribution in [2.75, 3.05) is 10.6 Å². The number of carbonyl (C=O) groups is 2. The van der Waals surface area contributed by atoms with Gasteiger partial charge in [-0.05, 0) is 35.7 Å². The number of para-hydroxylation sites is 1. The first-order valence-corrected chi connectivity index (χ1v) is 8.69. The Labute approximate surface area is 158 Å². The fourth-order valence-electron chi connectivity index (χ4n) is 2.20. The van der Waals surface area contributed by atoms with Gasteiger partial charge in [0, 0.05) is 12.2 Å². The molecule has 5 N–H and O–H groups in total. The van der Waals surface area contributed by atoms with Gasteiger partial charge in [-0.15, -0.1) is 0 Å². The van der Waals surface area contributed by atoms with E-state index in [1.807, 2.05) is 19.9 Å². The van der Waals surface area contributed by atoms with Crippen LogP contribution in [0.25, 0.3) is 0 Å². The Bertz CT molecular complexity index is 780. The number of amides is 3. The van der Waals surface area contributed by atoms with E-state index in [9.17, 15) is 9.59 Å². The van der Waals surface area contributed by atoms with Crippen LogP contribution in [-0.2, 0) is 11.3 Å². The molecule has 0 aliphatic rings. The summed E-state index contributed by atoms with van der Waals surface area (Å²) in [6, 6.07) is 13.3. The van der Waals surface area contributed by atoms with Gasteiger partial charge in [0.1, 0.15) is 0 Å². The summed E-state index contributed by atoms with van der Waals surface area (Å²) < 4.78 is 0. The number of hydrogen-bond donors (Lipinski definition) is 4. The molecule has 0 saturated carbocycles. The van der Waals surface area contributed by atoms with Crippen LogP contribution < -0.4 is 21.7 Å². The minimum atomic E-state index is -0.571. The Morgan fingerprint density at radius 1 is 1.08 bits per heavy atom. The molecule has 0 radical (unpaired) electrons. The van der Waals surface area contributed by atoms with Crippen molar-refractivity contribution >= 4 is 34.9 Å². The van der Waals surface area contributed by atoms with Crippen molar-refractivity contribution in [2.45, 2.75) is 26.4 Å². The summed E-state index contributed by atoms with van der Waals surface area (Å²) in [6.07, 6.45) is 0. The van der Waals surface area contributed by atoms with Crippen LogP contribution in [0.5, 0.6) is 0 Å². The molecule has 0 aliphatic heterocycles. The van der Waals surface area contributed by atoms with E-state index in [1.54, 1.807) is 42.5 Å². The molecule has 3 amide bonds. The number of halogens is 1. The Morgan fingerprint density at radius 3 is 2.50 bits per heavy atom. The molecule has 0 aliphatic carbocycles. The highest BCUT2D eigenvalue weighted by molar-refractivity contribution is 6.33. The van der Waals surface area contributed by atoms with Gasteiger partial charge in [0.15, 0.2) is 0 Å². The third kappa shape index (κ3) is 5.75. The minimum absolute atomic E-state index is 0.0494. The van der Waals surface area contributed by atoms with E-state index in [0.29, 0.717) is 22.9 Å². The Morgan fingerprint density at radius 2 is 1.81 bits per heavy atom. The molecular weight excluding hydrogens is 352 g/mol. The molecule has 0 bridgehead atoms. The summed E-state index contributed by atoms with van der Waals surface area (Å²) in [5.41, 5.74) is 7.86. The van der Waals surface area contributed by atoms with E-state index >= 15 is 0 Å². The SMILES string of the molecule is CC(C)[C@H](N)C(=O)Nc1cccc(CNC(=O)Nc2ccccc2Cl)c1. The van der Waals surface area contributed by atoms with Crippen LogP contribution in [0.1, 0.15) is 19.4 Å². The molecule has 6 nitrogen and oxygen atoms in total. The van der Waals surface area contributed by atoms with E-state index < -0.39 is 6.04 Å². The molecule has 1 atom stereocenters. The maximum Gasteiger partial charge on any atom is 0.319 e. The number of hydrogen-bond acceptors (Lipinski definition) is 3. The van der Waals surface area contributed by atoms with Crippen molar-refractivity contribution in [3.05, 3.63) is 59.1 Å². The molecule has 0 fully saturated rings. The van der Waals surface area contributed by atoms with Gasteiger partial charge in [-0.3, -0.25) is 4.79 Å². The van der Waals surface area contributed by atoms with Gasteiger partial charge in [-0.2, -0.15) is 0 Å². The standard InChI is InChI=1S/C19H23ClN4O2/c1-12(2)17(21)18(25)23-14-7-5-6-13(10-14)11-22-19(26)24-16-9-4-3-8-15(16)20/h3-10,12,17H,11,21H2,1-2H3,(H,23,25)(H2,22,24,26)/t17-/m0/s1. The molecule has 0 aromatic heterocycles. The van der Waals surface area contributed by atoms with Crippen LogP contribution in [-0.4, -0.2) is 18.0 Å². The Kier molecular flexibility index (Phi) is 7.00. The number of anilines is 2. The maximum absolute atomic E-state index is 12.0. The predicted octanol–water partition coefficient (Wildman–Crippen LogP) is 3.58. The van der Waals surface area contributed by atoms with E-state index in [-0.39, 0.29) is 17.9 Å². The van der Waals surface area contributed by atoms with Gasteiger partial charge in [-0.25, -0.2) is 4.79 Å². The molecule has 138 valence electrons. The number of carbonyl (C=O) groups excluding carboxylic acids is 2. The van der Waals surface area contributed by atoms with Crippen molar-refractivity contribution < 1.29 is 9.59 Å². The lowest BCUT2D eigenvalue weighted by Crippen LogP contribution is -2.39. The van der Waals surface area contributed by atoms with Crippen molar-refractivity contribution in [3.63, 3.8) is 0 Å². The van der Waals surface area contributed by atoms with E-state index in [1.165, 1.54) is 0 Å². The second kappa shape index (κ2) is 9.22. The second-order valence-corrected chi connectivity index (χ2v) is 6.65. The highest BCUT2D eigenvalue weighted by atomic mass is 35.5. The second-order valence-electron chi connectivity index (χ2n) is 6.25. The van der Waals surface area contributed by atoms with Crippen LogP contribution in [0.3, 0.4) is 0 Å². The molecule has 2 aromatic rings. The highest BCUT2D eigenvalue weighted by Crippen LogP contribution is 2.20. The van der Waals surface area contributed by atoms with Crippen molar-refractivity contribution in [2.24, 2.45) is 11.7 Å². The lowest BCUT2D eigenvalue weighted by molar-refractivity contribution is -0.118. The van der Waals surface area contributed by atoms with Crippen LogP contribution in [0.2, 0.25) is 5.02 Å². The lowest BCUT2D eigenvalue weighted by atomic mass is 10.0. The van der Waals surface area contributed by atoms with Crippen LogP contribution in [0.15, 0.2) is 48.5 Å². The predicted molar refractivity (Wildman–Crippen MR) is 105 cm³/mol. The van der Waals surface area contributed by atoms with Gasteiger partial charge in [-0.1, -0.05) is 49.7 Å². The number of nitrogens with one attached hydrogen (secondary N) is 3. The largest absolute Gasteiger partial charge is 0.334 e. The molecule has 0 saturated heterocycles. The van der Waals surface area contributed by atoms with E-state index in [2.05, 4.69) is 16.0 Å². The zero-order valence-corrected chi connectivity index (χ0v) is 15.5. The van der Waals surface area contributed by atoms with Gasteiger partial charge < -0.3 is 21.7 Å². The molecule has 26 heavy (non-hydrogen) atoms. The first-order valence-electron chi connectivity index (χ1n) is 8.31. The van der Waals surface area contributed by atoms with Crippen molar-refractivity contribution in [3.8, 4) is 0 Å². The number of benzene rings is 2. The average Bonchev–Trinajstić information content (AvgIpc) is 2.61. The summed E-state index contributed by atoms with van der Waals surface area (Å²) in [6.45, 7) is 4.08. The highest BCUT2D eigenvalue weighted by Gasteiger charge is 2.17. The fraction of sp³-hybridized carbons (Fsp3) is 0.263. The molecule has 2 aromatic carbocycles. The lowest BCUT2D eigenvalue weighted by Gasteiger charge is -2.16. The first kappa shape index (κ1) is 19.8. The fourth-order valence-corrected chi connectivity index (χ4v) is 2.38. The van der Waals surface area contributed by atoms with Gasteiger partial charge in [0.05, 0.1) is 16.8 Å². The average molecular weight is 375 g/mol. The third-order valence-corrected chi connectivity index (χ3v) is 4.12. The number of nitrogens with two attached hydrogens (primary N) is 1. The third-order valence-electron chi connectivity index (χ3n) is 3.79. The van der Waals surface area contributed by atoms with Gasteiger partial charge in [0.25, 0.3) is 0 Å². The van der Waals surface area contributed by atoms with Crippen molar-refractivity contribution in [1.82, 2.24) is 5.32 Å². The van der Waals surface area contributed by atoms with E-state index in [4.69, 9.17) is 17.3 Å². The van der Waals surface area contributed by atoms with Gasteiger partial charge >= 0.3 is 6.03 Å². The zero-order valence-electron chi connectivity index (χ0n) is 14.8. The summed E-state index contributed by atoms with van der Waals surface area (Å²) >= 11 is 6.01. The number of urea groups is 1. The molecule has 0 heterocycles. The Balaban J connectivity index is 1.91. The topological polar surface area (TPSA) is 96.2 Å². The maximum atomic E-state index is 12.0. The Hall–Kier alpha value is -2.57. The van der Waals surface area contributed by atoms with Crippen LogP contribution in [0, 0.1) is 5.92 Å². The summed E-state index contributed by atoms with van der Waals surface area (Å²) in [4.78, 5) is 24.0. The molecule has 0 spiro atoms. The molecule has 2 rings (SSSR count). The normalized spacial score (nSPS) is 11.7. The van der Waals surface area contributed by atoms with Gasteiger partial charge in [0.2, 0.25) is 5.91 Å². The zero-order chi connectivity index (χ0) is 19.1. The minimum Gasteiger partial charge on any atom is -0.334 e. The van der Waals surface area contributed by atoms with Crippen LogP contribution in [0.4, 0.5) is 16.2 Å². The summed E-state index contributed by atoms with van der Waals surface area (Å²) in [5, 5.41) is 8.69. The van der Waals surface area contributed by atoms with Crippen LogP contribution >= 0.6 is 11.6 Å². The smallest absolute Gasteiger partial charge is 0.319 e. The first-order chi connectivity index (χ1) is 12.4. The molecule has 0 unspecified atom stereocenters. The molecular formula is C19H23ClN4O2. The van der Waals surface area contributed by atoms with Crippen molar-refractivity contribution in [1.29, 1.82) is 0 Å².